The van der Waals surface area contributed by atoms with Crippen LogP contribution in [0.3, 0.4) is 0 Å². The Morgan fingerprint density at radius 3 is 2.41 bits per heavy atom. The number of esters is 1. The van der Waals surface area contributed by atoms with Crippen LogP contribution in [0.1, 0.15) is 31.2 Å². The van der Waals surface area contributed by atoms with Crippen LogP contribution in [0.15, 0.2) is 29.2 Å². The minimum Gasteiger partial charge on any atom is -0.468 e. The molecule has 1 aliphatic rings. The van der Waals surface area contributed by atoms with E-state index >= 15 is 0 Å². The van der Waals surface area contributed by atoms with E-state index in [1.807, 2.05) is 0 Å². The van der Waals surface area contributed by atoms with E-state index in [0.717, 1.165) is 24.8 Å². The van der Waals surface area contributed by atoms with Crippen LogP contribution < -0.4 is 10.5 Å². The number of carbonyl (C=O) groups excluding carboxylic acids is 1. The Hall–Kier alpha value is -1.44. The number of hydrogen-bond donors (Lipinski definition) is 2. The maximum Gasteiger partial charge on any atom is 0.316 e. The monoisotopic (exact) mass is 326 g/mol. The van der Waals surface area contributed by atoms with Crippen LogP contribution in [0, 0.1) is 0 Å². The summed E-state index contributed by atoms with van der Waals surface area (Å²) in [7, 11) is -2.15. The molecule has 7 heteroatoms. The molecule has 1 saturated carbocycles. The van der Waals surface area contributed by atoms with E-state index in [9.17, 15) is 13.2 Å². The lowest BCUT2D eigenvalue weighted by atomic mass is 9.96. The fourth-order valence-electron chi connectivity index (χ4n) is 2.44. The molecule has 3 N–H and O–H groups in total. The largest absolute Gasteiger partial charge is 0.468 e. The Morgan fingerprint density at radius 2 is 1.91 bits per heavy atom. The minimum atomic E-state index is -3.52. The van der Waals surface area contributed by atoms with Crippen molar-refractivity contribution < 1.29 is 17.9 Å². The number of methoxy groups -OCH3 is 1. The molecule has 0 radical (unpaired) electrons. The minimum absolute atomic E-state index is 0.199. The molecule has 0 aromatic heterocycles. The van der Waals surface area contributed by atoms with E-state index in [2.05, 4.69) is 4.72 Å². The molecular weight excluding hydrogens is 304 g/mol. The van der Waals surface area contributed by atoms with Gasteiger partial charge in [-0.05, 0) is 49.9 Å². The Balaban J connectivity index is 2.07. The lowest BCUT2D eigenvalue weighted by molar-refractivity contribution is -0.143. The quantitative estimate of drug-likeness (QED) is 0.546. The van der Waals surface area contributed by atoms with Crippen molar-refractivity contribution in [1.82, 2.24) is 4.72 Å². The van der Waals surface area contributed by atoms with Crippen molar-refractivity contribution >= 4 is 16.0 Å². The van der Waals surface area contributed by atoms with Gasteiger partial charge in [-0.3, -0.25) is 4.79 Å². The first kappa shape index (κ1) is 16.9. The number of carbonyl (C=O) groups is 1. The van der Waals surface area contributed by atoms with Crippen molar-refractivity contribution in [2.75, 3.05) is 20.2 Å². The van der Waals surface area contributed by atoms with Gasteiger partial charge in [0.15, 0.2) is 0 Å². The molecule has 1 aliphatic carbocycles. The van der Waals surface area contributed by atoms with Crippen LogP contribution >= 0.6 is 0 Å². The van der Waals surface area contributed by atoms with Crippen molar-refractivity contribution in [3.8, 4) is 0 Å². The zero-order valence-corrected chi connectivity index (χ0v) is 13.5. The van der Waals surface area contributed by atoms with Crippen molar-refractivity contribution in [3.05, 3.63) is 29.8 Å². The smallest absolute Gasteiger partial charge is 0.316 e. The van der Waals surface area contributed by atoms with E-state index < -0.39 is 15.4 Å². The first-order valence-electron chi connectivity index (χ1n) is 7.35. The molecule has 6 nitrogen and oxygen atoms in total. The molecule has 122 valence electrons. The molecule has 0 saturated heterocycles. The van der Waals surface area contributed by atoms with Crippen LogP contribution in [-0.2, 0) is 25.0 Å². The number of sulfonamides is 1. The Labute approximate surface area is 131 Å². The van der Waals surface area contributed by atoms with E-state index in [-0.39, 0.29) is 10.9 Å². The third kappa shape index (κ3) is 3.48. The molecule has 1 aromatic rings. The van der Waals surface area contributed by atoms with Gasteiger partial charge < -0.3 is 10.5 Å². The van der Waals surface area contributed by atoms with Crippen LogP contribution in [0.4, 0.5) is 0 Å². The molecule has 22 heavy (non-hydrogen) atoms. The highest BCUT2D eigenvalue weighted by atomic mass is 32.2. The number of unbranched alkanes of at least 4 members (excludes halogenated alkanes) is 1. The number of nitrogens with two attached hydrogens (primary N) is 1. The standard InChI is InChI=1S/C15H22N2O4S/c1-21-14(18)15(8-9-15)12-4-6-13(7-5-12)22(19,20)17-11-3-2-10-16/h4-7,17H,2-3,8-11,16H2,1H3. The second-order valence-electron chi connectivity index (χ2n) is 5.49. The molecule has 1 fully saturated rings. The first-order valence-corrected chi connectivity index (χ1v) is 8.83. The molecule has 0 spiro atoms. The summed E-state index contributed by atoms with van der Waals surface area (Å²) in [6.45, 7) is 0.916. The van der Waals surface area contributed by atoms with Gasteiger partial charge in [-0.2, -0.15) is 0 Å². The molecule has 0 atom stereocenters. The van der Waals surface area contributed by atoms with Gasteiger partial charge in [0.1, 0.15) is 0 Å². The van der Waals surface area contributed by atoms with Gasteiger partial charge in [0.05, 0.1) is 17.4 Å². The normalized spacial score (nSPS) is 16.3. The summed E-state index contributed by atoms with van der Waals surface area (Å²) in [6.07, 6.45) is 2.97. The fraction of sp³-hybridized carbons (Fsp3) is 0.533. The van der Waals surface area contributed by atoms with Crippen LogP contribution in [0.5, 0.6) is 0 Å². The lowest BCUT2D eigenvalue weighted by Gasteiger charge is -2.13. The van der Waals surface area contributed by atoms with Gasteiger partial charge in [0.25, 0.3) is 0 Å². The Bertz CT molecular complexity index is 621. The molecule has 2 rings (SSSR count). The maximum atomic E-state index is 12.1. The van der Waals surface area contributed by atoms with Gasteiger partial charge in [0, 0.05) is 6.54 Å². The Morgan fingerprint density at radius 1 is 1.27 bits per heavy atom. The summed E-state index contributed by atoms with van der Waals surface area (Å²) in [6, 6.07) is 6.45. The highest BCUT2D eigenvalue weighted by Crippen LogP contribution is 2.49. The van der Waals surface area contributed by atoms with Crippen molar-refractivity contribution in [2.45, 2.75) is 36.0 Å². The van der Waals surface area contributed by atoms with E-state index in [1.165, 1.54) is 19.2 Å². The number of ether oxygens (including phenoxy) is 1. The number of rotatable bonds is 8. The van der Waals surface area contributed by atoms with Gasteiger partial charge in [0.2, 0.25) is 10.0 Å². The van der Waals surface area contributed by atoms with E-state index in [4.69, 9.17) is 10.5 Å². The lowest BCUT2D eigenvalue weighted by Crippen LogP contribution is -2.25. The van der Waals surface area contributed by atoms with Crippen molar-refractivity contribution in [3.63, 3.8) is 0 Å². The number of benzene rings is 1. The molecule has 0 bridgehead atoms. The summed E-state index contributed by atoms with van der Waals surface area (Å²) in [4.78, 5) is 12.0. The third-order valence-corrected chi connectivity index (χ3v) is 5.44. The van der Waals surface area contributed by atoms with Gasteiger partial charge >= 0.3 is 5.97 Å². The second kappa shape index (κ2) is 6.76. The summed E-state index contributed by atoms with van der Waals surface area (Å²) in [5.41, 5.74) is 5.60. The zero-order valence-electron chi connectivity index (χ0n) is 12.7. The second-order valence-corrected chi connectivity index (χ2v) is 7.26. The average Bonchev–Trinajstić information content (AvgIpc) is 3.33. The first-order chi connectivity index (χ1) is 10.5. The van der Waals surface area contributed by atoms with Crippen molar-refractivity contribution in [2.24, 2.45) is 5.73 Å². The molecule has 0 heterocycles. The van der Waals surface area contributed by atoms with Crippen LogP contribution in [0.25, 0.3) is 0 Å². The topological polar surface area (TPSA) is 98.5 Å². The zero-order chi connectivity index (χ0) is 16.2. The fourth-order valence-corrected chi connectivity index (χ4v) is 3.52. The molecule has 0 unspecified atom stereocenters. The van der Waals surface area contributed by atoms with Gasteiger partial charge in [-0.1, -0.05) is 12.1 Å². The number of nitrogens with one attached hydrogen (secondary N) is 1. The maximum absolute atomic E-state index is 12.1. The van der Waals surface area contributed by atoms with E-state index in [0.29, 0.717) is 19.5 Å². The summed E-state index contributed by atoms with van der Waals surface area (Å²) in [5, 5.41) is 0. The van der Waals surface area contributed by atoms with Crippen LogP contribution in [-0.4, -0.2) is 34.6 Å². The highest BCUT2D eigenvalue weighted by Gasteiger charge is 2.52. The molecule has 1 aromatic carbocycles. The summed E-state index contributed by atoms with van der Waals surface area (Å²) in [5.74, 6) is -0.261. The molecule has 0 amide bonds. The Kier molecular flexibility index (Phi) is 5.20. The predicted molar refractivity (Wildman–Crippen MR) is 82.8 cm³/mol. The SMILES string of the molecule is COC(=O)C1(c2ccc(S(=O)(=O)NCCCCN)cc2)CC1. The molecule has 0 aliphatic heterocycles. The molecular formula is C15H22N2O4S. The average molecular weight is 326 g/mol. The van der Waals surface area contributed by atoms with Crippen LogP contribution in [0.2, 0.25) is 0 Å². The summed E-state index contributed by atoms with van der Waals surface area (Å²) >= 11 is 0. The number of hydrogen-bond acceptors (Lipinski definition) is 5. The summed E-state index contributed by atoms with van der Waals surface area (Å²) < 4.78 is 31.6. The van der Waals surface area contributed by atoms with Gasteiger partial charge in [-0.25, -0.2) is 13.1 Å². The third-order valence-electron chi connectivity index (χ3n) is 3.97. The predicted octanol–water partition coefficient (Wildman–Crippen LogP) is 0.908. The van der Waals surface area contributed by atoms with Gasteiger partial charge in [-0.15, -0.1) is 0 Å². The van der Waals surface area contributed by atoms with Crippen molar-refractivity contribution in [1.29, 1.82) is 0 Å². The highest BCUT2D eigenvalue weighted by molar-refractivity contribution is 7.89. The van der Waals surface area contributed by atoms with E-state index in [1.54, 1.807) is 12.1 Å².